The Morgan fingerprint density at radius 1 is 1.60 bits per heavy atom. The largest absolute Gasteiger partial charge is 0.374 e. The van der Waals surface area contributed by atoms with E-state index in [1.807, 2.05) is 6.21 Å². The van der Waals surface area contributed by atoms with E-state index in [0.29, 0.717) is 6.10 Å². The molecule has 0 aliphatic carbocycles. The highest BCUT2D eigenvalue weighted by atomic mass is 16.5. The van der Waals surface area contributed by atoms with Gasteiger partial charge in [-0.2, -0.15) is 0 Å². The Kier molecular flexibility index (Phi) is 1.55. The van der Waals surface area contributed by atoms with Crippen LogP contribution in [0.2, 0.25) is 0 Å². The topological polar surface area (TPSA) is 21.6 Å². The standard InChI is InChI=1S/C8H11NO/c1-2-8(10-5-1)7-3-4-9-6-7/h3-4,8H,1-2,5-6H2. The summed E-state index contributed by atoms with van der Waals surface area (Å²) in [5, 5.41) is 0. The van der Waals surface area contributed by atoms with E-state index in [0.717, 1.165) is 13.2 Å². The van der Waals surface area contributed by atoms with Crippen molar-refractivity contribution in [2.24, 2.45) is 4.99 Å². The molecular formula is C8H11NO. The minimum atomic E-state index is 0.391. The molecule has 1 fully saturated rings. The Bertz CT molecular complexity index is 178. The van der Waals surface area contributed by atoms with E-state index in [2.05, 4.69) is 11.1 Å². The predicted molar refractivity (Wildman–Crippen MR) is 40.4 cm³/mol. The molecule has 0 spiro atoms. The highest BCUT2D eigenvalue weighted by molar-refractivity contribution is 5.75. The molecule has 1 unspecified atom stereocenters. The summed E-state index contributed by atoms with van der Waals surface area (Å²) in [7, 11) is 0. The number of rotatable bonds is 1. The zero-order valence-electron chi connectivity index (χ0n) is 5.92. The highest BCUT2D eigenvalue weighted by Crippen LogP contribution is 2.21. The Balaban J connectivity index is 1.99. The van der Waals surface area contributed by atoms with E-state index in [1.54, 1.807) is 0 Å². The number of nitrogens with zero attached hydrogens (tertiary/aromatic N) is 1. The van der Waals surface area contributed by atoms with Crippen LogP contribution in [0.5, 0.6) is 0 Å². The molecule has 10 heavy (non-hydrogen) atoms. The summed E-state index contributed by atoms with van der Waals surface area (Å²) in [6.45, 7) is 1.80. The summed E-state index contributed by atoms with van der Waals surface area (Å²) in [5.41, 5.74) is 1.36. The van der Waals surface area contributed by atoms with Crippen LogP contribution in [-0.4, -0.2) is 25.5 Å². The van der Waals surface area contributed by atoms with Crippen LogP contribution in [0, 0.1) is 0 Å². The lowest BCUT2D eigenvalue weighted by molar-refractivity contribution is 0.136. The lowest BCUT2D eigenvalue weighted by Crippen LogP contribution is -2.09. The van der Waals surface area contributed by atoms with Crippen molar-refractivity contribution < 1.29 is 4.74 Å². The van der Waals surface area contributed by atoms with Gasteiger partial charge in [0.25, 0.3) is 0 Å². The van der Waals surface area contributed by atoms with Crippen molar-refractivity contribution in [2.75, 3.05) is 13.2 Å². The molecule has 0 aromatic rings. The maximum Gasteiger partial charge on any atom is 0.0807 e. The number of allylic oxidation sites excluding steroid dienone is 1. The van der Waals surface area contributed by atoms with Gasteiger partial charge >= 0.3 is 0 Å². The van der Waals surface area contributed by atoms with Crippen molar-refractivity contribution in [1.29, 1.82) is 0 Å². The monoisotopic (exact) mass is 137 g/mol. The summed E-state index contributed by atoms with van der Waals surface area (Å²) in [5.74, 6) is 0. The summed E-state index contributed by atoms with van der Waals surface area (Å²) in [4.78, 5) is 4.11. The fourth-order valence-corrected chi connectivity index (χ4v) is 1.44. The van der Waals surface area contributed by atoms with Crippen molar-refractivity contribution in [3.8, 4) is 0 Å². The molecule has 0 saturated carbocycles. The Hall–Kier alpha value is -0.630. The van der Waals surface area contributed by atoms with Crippen molar-refractivity contribution in [1.82, 2.24) is 0 Å². The fraction of sp³-hybridized carbons (Fsp3) is 0.625. The molecule has 0 bridgehead atoms. The first kappa shape index (κ1) is 6.10. The predicted octanol–water partition coefficient (Wildman–Crippen LogP) is 1.18. The van der Waals surface area contributed by atoms with E-state index in [-0.39, 0.29) is 0 Å². The van der Waals surface area contributed by atoms with Crippen LogP contribution in [0.3, 0.4) is 0 Å². The van der Waals surface area contributed by atoms with Crippen LogP contribution >= 0.6 is 0 Å². The third-order valence-corrected chi connectivity index (χ3v) is 2.01. The lowest BCUT2D eigenvalue weighted by Gasteiger charge is -2.08. The van der Waals surface area contributed by atoms with Gasteiger partial charge in [0.05, 0.1) is 12.6 Å². The number of hydrogen-bond donors (Lipinski definition) is 0. The summed E-state index contributed by atoms with van der Waals surface area (Å²) >= 11 is 0. The van der Waals surface area contributed by atoms with Gasteiger partial charge in [0.2, 0.25) is 0 Å². The lowest BCUT2D eigenvalue weighted by atomic mass is 10.1. The van der Waals surface area contributed by atoms with Crippen molar-refractivity contribution in [3.63, 3.8) is 0 Å². The molecule has 2 nitrogen and oxygen atoms in total. The van der Waals surface area contributed by atoms with Crippen LogP contribution in [0.4, 0.5) is 0 Å². The average Bonchev–Trinajstić information content (AvgIpc) is 2.59. The Morgan fingerprint density at radius 3 is 3.20 bits per heavy atom. The van der Waals surface area contributed by atoms with Gasteiger partial charge < -0.3 is 4.74 Å². The summed E-state index contributed by atoms with van der Waals surface area (Å²) in [6.07, 6.45) is 6.74. The number of ether oxygens (including phenoxy) is 1. The van der Waals surface area contributed by atoms with Crippen LogP contribution < -0.4 is 0 Å². The van der Waals surface area contributed by atoms with E-state index < -0.39 is 0 Å². The van der Waals surface area contributed by atoms with Gasteiger partial charge in [0.1, 0.15) is 0 Å². The molecule has 1 saturated heterocycles. The zero-order valence-corrected chi connectivity index (χ0v) is 5.92. The van der Waals surface area contributed by atoms with Crippen LogP contribution in [0.25, 0.3) is 0 Å². The highest BCUT2D eigenvalue weighted by Gasteiger charge is 2.20. The molecule has 0 radical (unpaired) electrons. The van der Waals surface area contributed by atoms with Crippen LogP contribution in [-0.2, 0) is 4.74 Å². The molecule has 1 atom stereocenters. The SMILES string of the molecule is C1=NCC(C2CCCO2)=C1. The molecular weight excluding hydrogens is 126 g/mol. The molecule has 2 aliphatic rings. The zero-order chi connectivity index (χ0) is 6.81. The first-order chi connectivity index (χ1) is 4.97. The first-order valence-corrected chi connectivity index (χ1v) is 3.77. The normalized spacial score (nSPS) is 31.2. The van der Waals surface area contributed by atoms with Gasteiger partial charge in [0, 0.05) is 12.8 Å². The Morgan fingerprint density at radius 2 is 2.60 bits per heavy atom. The van der Waals surface area contributed by atoms with Gasteiger partial charge in [-0.1, -0.05) is 0 Å². The minimum absolute atomic E-state index is 0.391. The third kappa shape index (κ3) is 0.991. The van der Waals surface area contributed by atoms with Gasteiger partial charge in [-0.25, -0.2) is 0 Å². The molecule has 0 N–H and O–H groups in total. The van der Waals surface area contributed by atoms with E-state index in [4.69, 9.17) is 4.74 Å². The first-order valence-electron chi connectivity index (χ1n) is 3.77. The molecule has 2 rings (SSSR count). The number of hydrogen-bond acceptors (Lipinski definition) is 2. The minimum Gasteiger partial charge on any atom is -0.374 e. The third-order valence-electron chi connectivity index (χ3n) is 2.01. The van der Waals surface area contributed by atoms with Crippen LogP contribution in [0.1, 0.15) is 12.8 Å². The van der Waals surface area contributed by atoms with Crippen LogP contribution in [0.15, 0.2) is 16.6 Å². The molecule has 0 aromatic heterocycles. The molecule has 0 aromatic carbocycles. The second-order valence-corrected chi connectivity index (χ2v) is 2.73. The molecule has 54 valence electrons. The van der Waals surface area contributed by atoms with Gasteiger partial charge in [-0.05, 0) is 24.5 Å². The van der Waals surface area contributed by atoms with Crippen molar-refractivity contribution in [2.45, 2.75) is 18.9 Å². The fourth-order valence-electron chi connectivity index (χ4n) is 1.44. The Labute approximate surface area is 60.6 Å². The van der Waals surface area contributed by atoms with Crippen molar-refractivity contribution >= 4 is 6.21 Å². The number of aliphatic imine (C=N–C) groups is 1. The molecule has 2 heterocycles. The molecule has 0 amide bonds. The summed E-state index contributed by atoms with van der Waals surface area (Å²) < 4.78 is 5.49. The smallest absolute Gasteiger partial charge is 0.0807 e. The van der Waals surface area contributed by atoms with Gasteiger partial charge in [-0.15, -0.1) is 0 Å². The van der Waals surface area contributed by atoms with E-state index in [9.17, 15) is 0 Å². The summed E-state index contributed by atoms with van der Waals surface area (Å²) in [6, 6.07) is 0. The van der Waals surface area contributed by atoms with Gasteiger partial charge in [0.15, 0.2) is 0 Å². The van der Waals surface area contributed by atoms with Crippen molar-refractivity contribution in [3.05, 3.63) is 11.6 Å². The van der Waals surface area contributed by atoms with Gasteiger partial charge in [-0.3, -0.25) is 4.99 Å². The second-order valence-electron chi connectivity index (χ2n) is 2.73. The molecule has 2 aliphatic heterocycles. The quantitative estimate of drug-likeness (QED) is 0.531. The maximum absolute atomic E-state index is 5.49. The van der Waals surface area contributed by atoms with E-state index in [1.165, 1.54) is 18.4 Å². The molecule has 2 heteroatoms. The second kappa shape index (κ2) is 2.54. The van der Waals surface area contributed by atoms with E-state index >= 15 is 0 Å². The average molecular weight is 137 g/mol. The maximum atomic E-state index is 5.49.